The average molecular weight is 247 g/mol. The molecule has 2 rings (SSSR count). The molecule has 0 saturated heterocycles. The Morgan fingerprint density at radius 2 is 2.11 bits per heavy atom. The lowest BCUT2D eigenvalue weighted by molar-refractivity contribution is 0.138. The summed E-state index contributed by atoms with van der Waals surface area (Å²) in [4.78, 5) is 0. The van der Waals surface area contributed by atoms with E-state index in [1.807, 2.05) is 0 Å². The fraction of sp³-hybridized carbons (Fsp3) is 0.625. The van der Waals surface area contributed by atoms with Crippen molar-refractivity contribution in [2.75, 3.05) is 0 Å². The number of benzene rings is 1. The molecule has 100 valence electrons. The first kappa shape index (κ1) is 13.4. The minimum absolute atomic E-state index is 0.0694. The summed E-state index contributed by atoms with van der Waals surface area (Å²) in [5.41, 5.74) is 8.82. The highest BCUT2D eigenvalue weighted by Crippen LogP contribution is 2.37. The van der Waals surface area contributed by atoms with Gasteiger partial charge in [-0.1, -0.05) is 32.4 Å². The smallest absolute Gasteiger partial charge is 0.123 e. The lowest BCUT2D eigenvalue weighted by Gasteiger charge is -2.20. The molecule has 1 aliphatic heterocycles. The van der Waals surface area contributed by atoms with E-state index in [0.29, 0.717) is 5.92 Å². The SMILES string of the molecule is CCCC(C)C(N)c1ccc2c(c1)CC(C)(C)O2. The van der Waals surface area contributed by atoms with E-state index in [9.17, 15) is 0 Å². The number of ether oxygens (including phenoxy) is 1. The van der Waals surface area contributed by atoms with E-state index >= 15 is 0 Å². The minimum atomic E-state index is -0.0694. The van der Waals surface area contributed by atoms with Crippen LogP contribution in [0.3, 0.4) is 0 Å². The van der Waals surface area contributed by atoms with Gasteiger partial charge in [0.25, 0.3) is 0 Å². The molecule has 0 radical (unpaired) electrons. The molecule has 1 aliphatic rings. The van der Waals surface area contributed by atoms with Crippen molar-refractivity contribution in [1.29, 1.82) is 0 Å². The van der Waals surface area contributed by atoms with Gasteiger partial charge in [-0.2, -0.15) is 0 Å². The maximum Gasteiger partial charge on any atom is 0.123 e. The molecule has 0 saturated carbocycles. The highest BCUT2D eigenvalue weighted by molar-refractivity contribution is 5.42. The van der Waals surface area contributed by atoms with Crippen LogP contribution < -0.4 is 10.5 Å². The van der Waals surface area contributed by atoms with Gasteiger partial charge in [0.1, 0.15) is 11.4 Å². The van der Waals surface area contributed by atoms with Gasteiger partial charge in [-0.05, 0) is 43.4 Å². The molecule has 0 aromatic heterocycles. The standard InChI is InChI=1S/C16H25NO/c1-5-6-11(2)15(17)12-7-8-14-13(9-12)10-16(3,4)18-14/h7-9,11,15H,5-6,10,17H2,1-4H3. The first-order chi connectivity index (χ1) is 8.43. The van der Waals surface area contributed by atoms with Crippen molar-refractivity contribution >= 4 is 0 Å². The van der Waals surface area contributed by atoms with E-state index in [-0.39, 0.29) is 11.6 Å². The first-order valence-electron chi connectivity index (χ1n) is 7.00. The van der Waals surface area contributed by atoms with E-state index in [4.69, 9.17) is 10.5 Å². The molecule has 2 nitrogen and oxygen atoms in total. The van der Waals surface area contributed by atoms with Crippen LogP contribution in [0.2, 0.25) is 0 Å². The van der Waals surface area contributed by atoms with Crippen LogP contribution in [-0.2, 0) is 6.42 Å². The van der Waals surface area contributed by atoms with Gasteiger partial charge in [0.05, 0.1) is 0 Å². The summed E-state index contributed by atoms with van der Waals surface area (Å²) in [6.07, 6.45) is 3.35. The number of rotatable bonds is 4. The number of hydrogen-bond acceptors (Lipinski definition) is 2. The van der Waals surface area contributed by atoms with Gasteiger partial charge < -0.3 is 10.5 Å². The Hall–Kier alpha value is -1.02. The Morgan fingerprint density at radius 3 is 2.78 bits per heavy atom. The molecule has 18 heavy (non-hydrogen) atoms. The zero-order valence-corrected chi connectivity index (χ0v) is 12.0. The fourth-order valence-corrected chi connectivity index (χ4v) is 2.80. The maximum atomic E-state index is 6.35. The Bertz CT molecular complexity index is 425. The molecule has 2 N–H and O–H groups in total. The summed E-state index contributed by atoms with van der Waals surface area (Å²) in [5, 5.41) is 0. The van der Waals surface area contributed by atoms with Crippen LogP contribution in [0.5, 0.6) is 5.75 Å². The molecule has 1 heterocycles. The van der Waals surface area contributed by atoms with E-state index in [0.717, 1.165) is 12.2 Å². The molecule has 2 atom stereocenters. The molecule has 0 spiro atoms. The predicted molar refractivity (Wildman–Crippen MR) is 75.9 cm³/mol. The third kappa shape index (κ3) is 2.69. The third-order valence-corrected chi connectivity index (χ3v) is 3.83. The Kier molecular flexibility index (Phi) is 3.67. The van der Waals surface area contributed by atoms with Gasteiger partial charge in [0.2, 0.25) is 0 Å². The molecular formula is C16H25NO. The van der Waals surface area contributed by atoms with E-state index in [2.05, 4.69) is 45.9 Å². The zero-order valence-electron chi connectivity index (χ0n) is 12.0. The van der Waals surface area contributed by atoms with Crippen molar-refractivity contribution in [3.8, 4) is 5.75 Å². The molecular weight excluding hydrogens is 222 g/mol. The summed E-state index contributed by atoms with van der Waals surface area (Å²) in [7, 11) is 0. The van der Waals surface area contributed by atoms with E-state index in [1.54, 1.807) is 0 Å². The van der Waals surface area contributed by atoms with Crippen LogP contribution in [0.1, 0.15) is 57.7 Å². The summed E-state index contributed by atoms with van der Waals surface area (Å²) in [6.45, 7) is 8.71. The second-order valence-electron chi connectivity index (χ2n) is 6.20. The van der Waals surface area contributed by atoms with Gasteiger partial charge in [0, 0.05) is 12.5 Å². The molecule has 1 aromatic carbocycles. The maximum absolute atomic E-state index is 6.35. The van der Waals surface area contributed by atoms with Gasteiger partial charge in [-0.15, -0.1) is 0 Å². The first-order valence-corrected chi connectivity index (χ1v) is 7.00. The Balaban J connectivity index is 2.18. The van der Waals surface area contributed by atoms with Crippen LogP contribution in [-0.4, -0.2) is 5.60 Å². The van der Waals surface area contributed by atoms with Gasteiger partial charge >= 0.3 is 0 Å². The second kappa shape index (κ2) is 4.93. The van der Waals surface area contributed by atoms with Crippen LogP contribution in [0.4, 0.5) is 0 Å². The second-order valence-corrected chi connectivity index (χ2v) is 6.20. The van der Waals surface area contributed by atoms with Crippen molar-refractivity contribution in [3.63, 3.8) is 0 Å². The molecule has 0 aliphatic carbocycles. The van der Waals surface area contributed by atoms with E-state index in [1.165, 1.54) is 24.0 Å². The van der Waals surface area contributed by atoms with Gasteiger partial charge in [-0.3, -0.25) is 0 Å². The van der Waals surface area contributed by atoms with Crippen molar-refractivity contribution in [2.24, 2.45) is 11.7 Å². The minimum Gasteiger partial charge on any atom is -0.487 e. The third-order valence-electron chi connectivity index (χ3n) is 3.83. The molecule has 0 fully saturated rings. The lowest BCUT2D eigenvalue weighted by atomic mass is 9.90. The lowest BCUT2D eigenvalue weighted by Crippen LogP contribution is -2.24. The van der Waals surface area contributed by atoms with Crippen molar-refractivity contribution < 1.29 is 4.74 Å². The van der Waals surface area contributed by atoms with Crippen molar-refractivity contribution in [1.82, 2.24) is 0 Å². The monoisotopic (exact) mass is 247 g/mol. The summed E-state index contributed by atoms with van der Waals surface area (Å²) < 4.78 is 5.90. The highest BCUT2D eigenvalue weighted by atomic mass is 16.5. The quantitative estimate of drug-likeness (QED) is 0.877. The fourth-order valence-electron chi connectivity index (χ4n) is 2.80. The number of fused-ring (bicyclic) bond motifs is 1. The summed E-state index contributed by atoms with van der Waals surface area (Å²) in [5.74, 6) is 1.56. The molecule has 0 amide bonds. The predicted octanol–water partition coefficient (Wildman–Crippen LogP) is 3.84. The normalized spacial score (nSPS) is 20.1. The topological polar surface area (TPSA) is 35.2 Å². The summed E-state index contributed by atoms with van der Waals surface area (Å²) >= 11 is 0. The number of nitrogens with two attached hydrogens (primary N) is 1. The molecule has 0 bridgehead atoms. The average Bonchev–Trinajstić information content (AvgIpc) is 2.60. The molecule has 2 unspecified atom stereocenters. The highest BCUT2D eigenvalue weighted by Gasteiger charge is 2.30. The van der Waals surface area contributed by atoms with Crippen LogP contribution in [0.25, 0.3) is 0 Å². The van der Waals surface area contributed by atoms with Crippen LogP contribution >= 0.6 is 0 Å². The van der Waals surface area contributed by atoms with Crippen molar-refractivity contribution in [2.45, 2.75) is 58.6 Å². The Morgan fingerprint density at radius 1 is 1.39 bits per heavy atom. The zero-order chi connectivity index (χ0) is 13.3. The Labute approximate surface area is 111 Å². The van der Waals surface area contributed by atoms with Crippen LogP contribution in [0, 0.1) is 5.92 Å². The van der Waals surface area contributed by atoms with Crippen LogP contribution in [0.15, 0.2) is 18.2 Å². The van der Waals surface area contributed by atoms with E-state index < -0.39 is 0 Å². The number of hydrogen-bond donors (Lipinski definition) is 1. The largest absolute Gasteiger partial charge is 0.487 e. The summed E-state index contributed by atoms with van der Waals surface area (Å²) in [6, 6.07) is 6.58. The molecule has 2 heteroatoms. The molecule has 1 aromatic rings. The van der Waals surface area contributed by atoms with Gasteiger partial charge in [0.15, 0.2) is 0 Å². The van der Waals surface area contributed by atoms with Crippen molar-refractivity contribution in [3.05, 3.63) is 29.3 Å². The van der Waals surface area contributed by atoms with Gasteiger partial charge in [-0.25, -0.2) is 0 Å².